The average Bonchev–Trinajstić information content (AvgIpc) is 2.31. The van der Waals surface area contributed by atoms with E-state index in [1.165, 1.54) is 38.2 Å². The molecule has 3 aliphatic heterocycles. The molecule has 3 aliphatic rings. The van der Waals surface area contributed by atoms with E-state index < -0.39 is 0 Å². The molecule has 3 saturated heterocycles. The van der Waals surface area contributed by atoms with Gasteiger partial charge in [0.1, 0.15) is 0 Å². The smallest absolute Gasteiger partial charge is 0.0633 e. The third-order valence-electron chi connectivity index (χ3n) is 3.84. The first kappa shape index (κ1) is 9.28. The van der Waals surface area contributed by atoms with Crippen molar-refractivity contribution in [3.05, 3.63) is 23.8 Å². The van der Waals surface area contributed by atoms with Gasteiger partial charge in [0.2, 0.25) is 0 Å². The Hall–Kier alpha value is -0.960. The molecule has 4 rings (SSSR count). The fourth-order valence-electron chi connectivity index (χ4n) is 2.89. The molecule has 3 fully saturated rings. The fraction of sp³-hybridized carbons (Fsp3) is 0.667. The van der Waals surface area contributed by atoms with Gasteiger partial charge in [-0.05, 0) is 38.8 Å². The van der Waals surface area contributed by atoms with Crippen molar-refractivity contribution in [2.75, 3.05) is 19.6 Å². The largest absolute Gasteiger partial charge is 0.303 e. The molecule has 1 aromatic rings. The van der Waals surface area contributed by atoms with Gasteiger partial charge in [-0.1, -0.05) is 0 Å². The lowest BCUT2D eigenvalue weighted by Gasteiger charge is -2.44. The van der Waals surface area contributed by atoms with E-state index in [9.17, 15) is 0 Å². The van der Waals surface area contributed by atoms with Crippen molar-refractivity contribution in [1.82, 2.24) is 14.9 Å². The summed E-state index contributed by atoms with van der Waals surface area (Å²) in [5, 5.41) is 0. The third-order valence-corrected chi connectivity index (χ3v) is 3.84. The number of aryl methyl sites for hydroxylation is 1. The zero-order valence-electron chi connectivity index (χ0n) is 9.19. The Bertz CT molecular complexity index is 338. The second-order valence-electron chi connectivity index (χ2n) is 4.83. The van der Waals surface area contributed by atoms with Crippen molar-refractivity contribution >= 4 is 0 Å². The summed E-state index contributed by atoms with van der Waals surface area (Å²) in [5.74, 6) is 1.49. The molecule has 0 spiro atoms. The molecular formula is C12H17N3. The normalized spacial score (nSPS) is 34.3. The number of hydrogen-bond acceptors (Lipinski definition) is 3. The van der Waals surface area contributed by atoms with Gasteiger partial charge in [0.25, 0.3) is 0 Å². The van der Waals surface area contributed by atoms with Crippen molar-refractivity contribution < 1.29 is 0 Å². The molecule has 80 valence electrons. The molecule has 0 radical (unpaired) electrons. The van der Waals surface area contributed by atoms with Crippen molar-refractivity contribution in [3.63, 3.8) is 0 Å². The molecular weight excluding hydrogens is 186 g/mol. The zero-order chi connectivity index (χ0) is 10.3. The van der Waals surface area contributed by atoms with Crippen LogP contribution in [0, 0.1) is 12.8 Å². The first-order chi connectivity index (χ1) is 7.33. The lowest BCUT2D eigenvalue weighted by Crippen LogP contribution is -2.46. The van der Waals surface area contributed by atoms with Gasteiger partial charge in [-0.25, -0.2) is 0 Å². The molecule has 0 aliphatic carbocycles. The fourth-order valence-corrected chi connectivity index (χ4v) is 2.89. The molecule has 0 amide bonds. The summed E-state index contributed by atoms with van der Waals surface area (Å²) in [7, 11) is 0. The van der Waals surface area contributed by atoms with Crippen LogP contribution in [0.2, 0.25) is 0 Å². The van der Waals surface area contributed by atoms with Crippen LogP contribution in [0.15, 0.2) is 12.4 Å². The summed E-state index contributed by atoms with van der Waals surface area (Å²) in [5.41, 5.74) is 2.22. The van der Waals surface area contributed by atoms with Crippen LogP contribution >= 0.6 is 0 Å². The Labute approximate surface area is 90.5 Å². The second kappa shape index (κ2) is 3.56. The summed E-state index contributed by atoms with van der Waals surface area (Å²) in [6, 6.07) is 0. The molecule has 1 aromatic heterocycles. The van der Waals surface area contributed by atoms with Crippen molar-refractivity contribution in [2.45, 2.75) is 25.7 Å². The SMILES string of the molecule is Cc1cnc(C2CN3CCC2CC3)cn1. The van der Waals surface area contributed by atoms with Crippen molar-refractivity contribution in [3.8, 4) is 0 Å². The zero-order valence-corrected chi connectivity index (χ0v) is 9.19. The summed E-state index contributed by atoms with van der Waals surface area (Å²) >= 11 is 0. The minimum absolute atomic E-state index is 0.639. The predicted octanol–water partition coefficient (Wildman–Crippen LogP) is 1.59. The molecule has 1 unspecified atom stereocenters. The Morgan fingerprint density at radius 3 is 2.53 bits per heavy atom. The minimum Gasteiger partial charge on any atom is -0.303 e. The van der Waals surface area contributed by atoms with E-state index in [2.05, 4.69) is 14.9 Å². The van der Waals surface area contributed by atoms with E-state index >= 15 is 0 Å². The second-order valence-corrected chi connectivity index (χ2v) is 4.83. The van der Waals surface area contributed by atoms with Gasteiger partial charge in [-0.15, -0.1) is 0 Å². The van der Waals surface area contributed by atoms with E-state index in [1.54, 1.807) is 0 Å². The molecule has 3 heteroatoms. The predicted molar refractivity (Wildman–Crippen MR) is 58.7 cm³/mol. The van der Waals surface area contributed by atoms with E-state index in [-0.39, 0.29) is 0 Å². The minimum atomic E-state index is 0.639. The number of piperidine rings is 3. The number of aromatic nitrogens is 2. The van der Waals surface area contributed by atoms with Gasteiger partial charge in [0.05, 0.1) is 11.4 Å². The number of nitrogens with zero attached hydrogens (tertiary/aromatic N) is 3. The average molecular weight is 203 g/mol. The lowest BCUT2D eigenvalue weighted by atomic mass is 9.77. The Kier molecular flexibility index (Phi) is 2.20. The number of hydrogen-bond donors (Lipinski definition) is 0. The van der Waals surface area contributed by atoms with Crippen LogP contribution in [0.3, 0.4) is 0 Å². The Balaban J connectivity index is 1.85. The molecule has 0 saturated carbocycles. The van der Waals surface area contributed by atoms with Crippen LogP contribution in [0.1, 0.15) is 30.1 Å². The van der Waals surface area contributed by atoms with Crippen LogP contribution in [0.5, 0.6) is 0 Å². The van der Waals surface area contributed by atoms with Crippen molar-refractivity contribution in [2.24, 2.45) is 5.92 Å². The number of rotatable bonds is 1. The van der Waals surface area contributed by atoms with Crippen LogP contribution in [-0.4, -0.2) is 34.5 Å². The first-order valence-corrected chi connectivity index (χ1v) is 5.84. The lowest BCUT2D eigenvalue weighted by molar-refractivity contribution is 0.0853. The molecule has 0 N–H and O–H groups in total. The summed E-state index contributed by atoms with van der Waals surface area (Å²) in [6.45, 7) is 5.77. The van der Waals surface area contributed by atoms with E-state index in [1.807, 2.05) is 19.3 Å². The van der Waals surface area contributed by atoms with Crippen LogP contribution in [0.25, 0.3) is 0 Å². The summed E-state index contributed by atoms with van der Waals surface area (Å²) in [6.07, 6.45) is 6.56. The van der Waals surface area contributed by atoms with E-state index in [4.69, 9.17) is 0 Å². The quantitative estimate of drug-likeness (QED) is 0.694. The summed E-state index contributed by atoms with van der Waals surface area (Å²) < 4.78 is 0. The molecule has 1 atom stereocenters. The molecule has 3 nitrogen and oxygen atoms in total. The van der Waals surface area contributed by atoms with Gasteiger partial charge in [0, 0.05) is 24.9 Å². The van der Waals surface area contributed by atoms with E-state index in [0.29, 0.717) is 5.92 Å². The first-order valence-electron chi connectivity index (χ1n) is 5.84. The molecule has 4 heterocycles. The van der Waals surface area contributed by atoms with Crippen molar-refractivity contribution in [1.29, 1.82) is 0 Å². The van der Waals surface area contributed by atoms with Gasteiger partial charge >= 0.3 is 0 Å². The molecule has 0 aromatic carbocycles. The highest BCUT2D eigenvalue weighted by Gasteiger charge is 2.35. The maximum absolute atomic E-state index is 4.53. The summed E-state index contributed by atoms with van der Waals surface area (Å²) in [4.78, 5) is 11.5. The highest BCUT2D eigenvalue weighted by molar-refractivity contribution is 5.11. The standard InChI is InChI=1S/C12H17N3/c1-9-6-14-12(7-13-9)11-8-15-4-2-10(11)3-5-15/h6-7,10-11H,2-5,8H2,1H3. The van der Waals surface area contributed by atoms with Gasteiger partial charge in [0.15, 0.2) is 0 Å². The molecule has 15 heavy (non-hydrogen) atoms. The Morgan fingerprint density at radius 1 is 1.20 bits per heavy atom. The van der Waals surface area contributed by atoms with Crippen LogP contribution in [-0.2, 0) is 0 Å². The maximum Gasteiger partial charge on any atom is 0.0633 e. The maximum atomic E-state index is 4.53. The Morgan fingerprint density at radius 2 is 2.00 bits per heavy atom. The van der Waals surface area contributed by atoms with Gasteiger partial charge in [-0.2, -0.15) is 0 Å². The highest BCUT2D eigenvalue weighted by Crippen LogP contribution is 2.37. The third kappa shape index (κ3) is 1.65. The van der Waals surface area contributed by atoms with E-state index in [0.717, 1.165) is 11.6 Å². The number of fused-ring (bicyclic) bond motifs is 3. The van der Waals surface area contributed by atoms with Gasteiger partial charge in [-0.3, -0.25) is 9.97 Å². The monoisotopic (exact) mass is 203 g/mol. The van der Waals surface area contributed by atoms with Crippen LogP contribution < -0.4 is 0 Å². The van der Waals surface area contributed by atoms with Gasteiger partial charge < -0.3 is 4.90 Å². The highest BCUT2D eigenvalue weighted by atomic mass is 15.1. The van der Waals surface area contributed by atoms with Crippen LogP contribution in [0.4, 0.5) is 0 Å². The topological polar surface area (TPSA) is 29.0 Å². The molecule has 2 bridgehead atoms.